The average molecular weight is 371 g/mol. The lowest BCUT2D eigenvalue weighted by Gasteiger charge is -2.40. The Morgan fingerprint density at radius 1 is 0.821 bits per heavy atom. The minimum Gasteiger partial charge on any atom is -0.454 e. The molecule has 0 spiro atoms. The van der Waals surface area contributed by atoms with Gasteiger partial charge < -0.3 is 4.74 Å². The van der Waals surface area contributed by atoms with E-state index < -0.39 is 6.10 Å². The molecule has 2 atom stereocenters. The molecule has 0 amide bonds. The highest BCUT2D eigenvalue weighted by atomic mass is 16.5. The van der Waals surface area contributed by atoms with Gasteiger partial charge >= 0.3 is 5.97 Å². The third kappa shape index (κ3) is 3.87. The molecule has 4 rings (SSSR count). The first-order chi connectivity index (χ1) is 13.7. The van der Waals surface area contributed by atoms with E-state index in [4.69, 9.17) is 4.74 Å². The van der Waals surface area contributed by atoms with Crippen molar-refractivity contribution in [1.29, 1.82) is 0 Å². The van der Waals surface area contributed by atoms with Crippen molar-refractivity contribution >= 4 is 11.8 Å². The summed E-state index contributed by atoms with van der Waals surface area (Å²) in [5.74, 6) is -0.329. The molecule has 3 aromatic carbocycles. The maximum Gasteiger partial charge on any atom is 0.320 e. The maximum absolute atomic E-state index is 12.8. The van der Waals surface area contributed by atoms with Crippen LogP contribution < -0.4 is 0 Å². The number of ether oxygens (including phenoxy) is 1. The van der Waals surface area contributed by atoms with Gasteiger partial charge in [-0.05, 0) is 11.1 Å². The van der Waals surface area contributed by atoms with E-state index >= 15 is 0 Å². The van der Waals surface area contributed by atoms with Crippen molar-refractivity contribution in [3.05, 3.63) is 108 Å². The largest absolute Gasteiger partial charge is 0.454 e. The van der Waals surface area contributed by atoms with Crippen molar-refractivity contribution in [2.75, 3.05) is 13.1 Å². The van der Waals surface area contributed by atoms with Crippen LogP contribution in [0.15, 0.2) is 91.0 Å². The number of hydrogen-bond acceptors (Lipinski definition) is 4. The molecule has 1 aliphatic rings. The van der Waals surface area contributed by atoms with E-state index in [0.717, 1.165) is 11.1 Å². The number of rotatable bonds is 5. The molecular weight excluding hydrogens is 350 g/mol. The smallest absolute Gasteiger partial charge is 0.320 e. The van der Waals surface area contributed by atoms with E-state index in [-0.39, 0.29) is 30.9 Å². The van der Waals surface area contributed by atoms with Crippen LogP contribution in [0.4, 0.5) is 0 Å². The van der Waals surface area contributed by atoms with Gasteiger partial charge in [-0.1, -0.05) is 91.0 Å². The molecule has 0 aliphatic carbocycles. The summed E-state index contributed by atoms with van der Waals surface area (Å²) in [6.45, 7) is 0.240. The van der Waals surface area contributed by atoms with Gasteiger partial charge in [-0.25, -0.2) is 0 Å². The Bertz CT molecular complexity index is 941. The molecule has 140 valence electrons. The number of morpholine rings is 1. The topological polar surface area (TPSA) is 46.6 Å². The van der Waals surface area contributed by atoms with Gasteiger partial charge in [-0.3, -0.25) is 14.5 Å². The third-order valence-electron chi connectivity index (χ3n) is 4.98. The van der Waals surface area contributed by atoms with Crippen LogP contribution in [0, 0.1) is 0 Å². The summed E-state index contributed by atoms with van der Waals surface area (Å²) in [7, 11) is 0. The summed E-state index contributed by atoms with van der Waals surface area (Å²) in [6.07, 6.45) is -0.464. The van der Waals surface area contributed by atoms with E-state index in [1.165, 1.54) is 0 Å². The molecule has 0 N–H and O–H groups in total. The number of carbonyl (C=O) groups is 2. The second kappa shape index (κ2) is 8.19. The molecule has 2 unspecified atom stereocenters. The first kappa shape index (κ1) is 18.1. The first-order valence-electron chi connectivity index (χ1n) is 9.34. The molecule has 1 fully saturated rings. The number of cyclic esters (lactones) is 1. The molecule has 28 heavy (non-hydrogen) atoms. The van der Waals surface area contributed by atoms with Gasteiger partial charge in [0.15, 0.2) is 5.78 Å². The van der Waals surface area contributed by atoms with E-state index in [2.05, 4.69) is 0 Å². The fraction of sp³-hybridized carbons (Fsp3) is 0.167. The number of ketones is 1. The molecule has 0 bridgehead atoms. The monoisotopic (exact) mass is 371 g/mol. The van der Waals surface area contributed by atoms with Crippen LogP contribution in [0.25, 0.3) is 0 Å². The van der Waals surface area contributed by atoms with Gasteiger partial charge in [0.1, 0.15) is 6.10 Å². The lowest BCUT2D eigenvalue weighted by Crippen LogP contribution is -2.46. The molecule has 1 aliphatic heterocycles. The Hall–Kier alpha value is -3.24. The maximum atomic E-state index is 12.8. The normalized spacial score (nSPS) is 19.8. The Balaban J connectivity index is 1.70. The summed E-state index contributed by atoms with van der Waals surface area (Å²) in [6, 6.07) is 28.6. The van der Waals surface area contributed by atoms with Crippen LogP contribution in [0.3, 0.4) is 0 Å². The van der Waals surface area contributed by atoms with Crippen molar-refractivity contribution in [2.24, 2.45) is 0 Å². The van der Waals surface area contributed by atoms with E-state index in [0.29, 0.717) is 5.56 Å². The Kier molecular flexibility index (Phi) is 5.31. The van der Waals surface area contributed by atoms with Crippen LogP contribution in [0.5, 0.6) is 0 Å². The summed E-state index contributed by atoms with van der Waals surface area (Å²) in [5, 5.41) is 0. The summed E-state index contributed by atoms with van der Waals surface area (Å²) in [5.41, 5.74) is 2.58. The minimum absolute atomic E-state index is 0.0111. The van der Waals surface area contributed by atoms with Gasteiger partial charge in [-0.2, -0.15) is 0 Å². The predicted octanol–water partition coefficient (Wildman–Crippen LogP) is 4.21. The zero-order valence-electron chi connectivity index (χ0n) is 15.4. The molecule has 0 radical (unpaired) electrons. The molecular formula is C24H21NO3. The molecule has 0 saturated carbocycles. The zero-order chi connectivity index (χ0) is 19.3. The highest BCUT2D eigenvalue weighted by Gasteiger charge is 2.39. The number of nitrogens with zero attached hydrogens (tertiary/aromatic N) is 1. The number of esters is 1. The van der Waals surface area contributed by atoms with Crippen LogP contribution in [-0.4, -0.2) is 29.7 Å². The number of benzene rings is 3. The van der Waals surface area contributed by atoms with Crippen molar-refractivity contribution < 1.29 is 14.3 Å². The average Bonchev–Trinajstić information content (AvgIpc) is 2.75. The number of Topliss-reactive ketones (excluding diaryl/α,β-unsaturated/α-hetero) is 1. The zero-order valence-corrected chi connectivity index (χ0v) is 15.4. The molecule has 0 aromatic heterocycles. The van der Waals surface area contributed by atoms with Crippen molar-refractivity contribution in [3.8, 4) is 0 Å². The molecule has 4 nitrogen and oxygen atoms in total. The van der Waals surface area contributed by atoms with Crippen LogP contribution >= 0.6 is 0 Å². The van der Waals surface area contributed by atoms with Gasteiger partial charge in [-0.15, -0.1) is 0 Å². The van der Waals surface area contributed by atoms with Crippen molar-refractivity contribution in [1.82, 2.24) is 4.90 Å². The quantitative estimate of drug-likeness (QED) is 0.498. The minimum atomic E-state index is -0.464. The summed E-state index contributed by atoms with van der Waals surface area (Å²) in [4.78, 5) is 27.1. The fourth-order valence-corrected chi connectivity index (χ4v) is 3.68. The van der Waals surface area contributed by atoms with Gasteiger partial charge in [0.05, 0.1) is 19.1 Å². The number of carbonyl (C=O) groups excluding carboxylic acids is 2. The Morgan fingerprint density at radius 2 is 1.36 bits per heavy atom. The fourth-order valence-electron chi connectivity index (χ4n) is 3.68. The number of hydrogen-bond donors (Lipinski definition) is 0. The second-order valence-corrected chi connectivity index (χ2v) is 6.87. The SMILES string of the molecule is O=C1CN(CC(=O)c2ccccc2)C(c2ccccc2)C(c2ccccc2)O1. The molecule has 4 heteroatoms. The van der Waals surface area contributed by atoms with Crippen LogP contribution in [0.1, 0.15) is 33.6 Å². The van der Waals surface area contributed by atoms with Crippen LogP contribution in [-0.2, 0) is 9.53 Å². The summed E-state index contributed by atoms with van der Waals surface area (Å²) >= 11 is 0. The second-order valence-electron chi connectivity index (χ2n) is 6.87. The highest BCUT2D eigenvalue weighted by molar-refractivity contribution is 5.97. The van der Waals surface area contributed by atoms with Gasteiger partial charge in [0.2, 0.25) is 0 Å². The van der Waals surface area contributed by atoms with Crippen molar-refractivity contribution in [2.45, 2.75) is 12.1 Å². The van der Waals surface area contributed by atoms with Crippen LogP contribution in [0.2, 0.25) is 0 Å². The molecule has 1 heterocycles. The Morgan fingerprint density at radius 3 is 1.96 bits per heavy atom. The van der Waals surface area contributed by atoms with Crippen molar-refractivity contribution in [3.63, 3.8) is 0 Å². The highest BCUT2D eigenvalue weighted by Crippen LogP contribution is 2.39. The van der Waals surface area contributed by atoms with Gasteiger partial charge in [0, 0.05) is 5.56 Å². The van der Waals surface area contributed by atoms with E-state index in [1.54, 1.807) is 12.1 Å². The van der Waals surface area contributed by atoms with Gasteiger partial charge in [0.25, 0.3) is 0 Å². The third-order valence-corrected chi connectivity index (χ3v) is 4.98. The molecule has 1 saturated heterocycles. The summed E-state index contributed by atoms with van der Waals surface area (Å²) < 4.78 is 5.77. The van der Waals surface area contributed by atoms with E-state index in [9.17, 15) is 9.59 Å². The Labute approximate surface area is 164 Å². The standard InChI is InChI=1S/C24H21NO3/c26-21(18-10-4-1-5-11-18)16-25-17-22(27)28-24(20-14-8-3-9-15-20)23(25)19-12-6-2-7-13-19/h1-15,23-24H,16-17H2. The lowest BCUT2D eigenvalue weighted by atomic mass is 9.92. The molecule has 3 aromatic rings. The lowest BCUT2D eigenvalue weighted by molar-refractivity contribution is -0.165. The van der Waals surface area contributed by atoms with E-state index in [1.807, 2.05) is 83.8 Å². The first-order valence-corrected chi connectivity index (χ1v) is 9.34. The predicted molar refractivity (Wildman–Crippen MR) is 107 cm³/mol.